The lowest BCUT2D eigenvalue weighted by Crippen LogP contribution is -1.99. The lowest BCUT2D eigenvalue weighted by molar-refractivity contribution is 0.371. The second-order valence-electron chi connectivity index (χ2n) is 7.21. The predicted octanol–water partition coefficient (Wildman–Crippen LogP) is 5.34. The van der Waals surface area contributed by atoms with E-state index in [1.165, 1.54) is 0 Å². The highest BCUT2D eigenvalue weighted by molar-refractivity contribution is 7.51. The third kappa shape index (κ3) is 6.10. The molecule has 0 amide bonds. The molecule has 0 aromatic heterocycles. The Labute approximate surface area is 161 Å². The van der Waals surface area contributed by atoms with E-state index in [2.05, 4.69) is 13.8 Å². The monoisotopic (exact) mass is 392 g/mol. The molecule has 6 heteroatoms. The van der Waals surface area contributed by atoms with Crippen LogP contribution in [0.15, 0.2) is 30.3 Å². The molecular weight excluding hydrogens is 363 g/mol. The SMILES string of the molecule is COc1ccc(Oc2c(C)cc(CCCP(=O)(O)O)cc2C)c(C(C)C)c1. The third-order valence-corrected chi connectivity index (χ3v) is 5.38. The Hall–Kier alpha value is -1.81. The van der Waals surface area contributed by atoms with Gasteiger partial charge in [-0.15, -0.1) is 0 Å². The quantitative estimate of drug-likeness (QED) is 0.593. The van der Waals surface area contributed by atoms with Gasteiger partial charge in [0.25, 0.3) is 0 Å². The Morgan fingerprint density at radius 3 is 2.22 bits per heavy atom. The number of hydrogen-bond acceptors (Lipinski definition) is 3. The van der Waals surface area contributed by atoms with Crippen molar-refractivity contribution in [3.05, 3.63) is 52.6 Å². The molecule has 27 heavy (non-hydrogen) atoms. The van der Waals surface area contributed by atoms with Crippen LogP contribution in [0.4, 0.5) is 0 Å². The van der Waals surface area contributed by atoms with E-state index in [0.717, 1.165) is 39.5 Å². The Balaban J connectivity index is 2.24. The Morgan fingerprint density at radius 2 is 1.70 bits per heavy atom. The van der Waals surface area contributed by atoms with Crippen molar-refractivity contribution in [3.8, 4) is 17.2 Å². The van der Waals surface area contributed by atoms with Gasteiger partial charge in [-0.25, -0.2) is 0 Å². The summed E-state index contributed by atoms with van der Waals surface area (Å²) in [6.07, 6.45) is 0.999. The zero-order valence-corrected chi connectivity index (χ0v) is 17.5. The molecule has 2 aromatic carbocycles. The molecule has 2 aromatic rings. The van der Waals surface area contributed by atoms with Crippen LogP contribution in [0, 0.1) is 13.8 Å². The van der Waals surface area contributed by atoms with E-state index in [9.17, 15) is 4.57 Å². The van der Waals surface area contributed by atoms with Crippen molar-refractivity contribution in [1.82, 2.24) is 0 Å². The highest BCUT2D eigenvalue weighted by atomic mass is 31.2. The zero-order chi connectivity index (χ0) is 20.2. The van der Waals surface area contributed by atoms with Crippen molar-refractivity contribution in [2.24, 2.45) is 0 Å². The van der Waals surface area contributed by atoms with Gasteiger partial charge >= 0.3 is 7.60 Å². The summed E-state index contributed by atoms with van der Waals surface area (Å²) < 4.78 is 22.6. The van der Waals surface area contributed by atoms with Gasteiger partial charge in [0.15, 0.2) is 0 Å². The molecular formula is C21H29O5P. The van der Waals surface area contributed by atoms with Gasteiger partial charge in [-0.3, -0.25) is 4.57 Å². The Kier molecular flexibility index (Phi) is 7.10. The lowest BCUT2D eigenvalue weighted by atomic mass is 10.0. The van der Waals surface area contributed by atoms with Crippen molar-refractivity contribution < 1.29 is 23.8 Å². The summed E-state index contributed by atoms with van der Waals surface area (Å²) >= 11 is 0. The van der Waals surface area contributed by atoms with Gasteiger partial charge in [-0.05, 0) is 67.5 Å². The molecule has 0 radical (unpaired) electrons. The average Bonchev–Trinajstić information content (AvgIpc) is 2.57. The van der Waals surface area contributed by atoms with Gasteiger partial charge in [0.05, 0.1) is 13.3 Å². The van der Waals surface area contributed by atoms with Crippen LogP contribution in [0.25, 0.3) is 0 Å². The maximum absolute atomic E-state index is 11.0. The van der Waals surface area contributed by atoms with Crippen LogP contribution >= 0.6 is 7.60 Å². The van der Waals surface area contributed by atoms with E-state index in [1.54, 1.807) is 7.11 Å². The molecule has 0 saturated carbocycles. The summed E-state index contributed by atoms with van der Waals surface area (Å²) in [6, 6.07) is 9.88. The first-order valence-corrected chi connectivity index (χ1v) is 10.9. The fraction of sp³-hybridized carbons (Fsp3) is 0.429. The maximum atomic E-state index is 11.0. The van der Waals surface area contributed by atoms with Crippen LogP contribution < -0.4 is 9.47 Å². The van der Waals surface area contributed by atoms with E-state index >= 15 is 0 Å². The number of benzene rings is 2. The Morgan fingerprint density at radius 1 is 1.07 bits per heavy atom. The molecule has 0 saturated heterocycles. The first kappa shape index (κ1) is 21.5. The maximum Gasteiger partial charge on any atom is 0.325 e. The van der Waals surface area contributed by atoms with Gasteiger partial charge in [0.1, 0.15) is 17.2 Å². The van der Waals surface area contributed by atoms with E-state index in [0.29, 0.717) is 18.8 Å². The second-order valence-corrected chi connectivity index (χ2v) is 8.99. The first-order chi connectivity index (χ1) is 12.6. The molecule has 148 valence electrons. The van der Waals surface area contributed by atoms with Crippen molar-refractivity contribution in [2.45, 2.75) is 46.5 Å². The highest BCUT2D eigenvalue weighted by Crippen LogP contribution is 2.38. The molecule has 0 spiro atoms. The molecule has 2 rings (SSSR count). The fourth-order valence-electron chi connectivity index (χ4n) is 3.14. The van der Waals surface area contributed by atoms with E-state index in [4.69, 9.17) is 19.3 Å². The number of ether oxygens (including phenoxy) is 2. The smallest absolute Gasteiger partial charge is 0.325 e. The molecule has 0 aliphatic rings. The van der Waals surface area contributed by atoms with Crippen LogP contribution in [0.3, 0.4) is 0 Å². The van der Waals surface area contributed by atoms with Gasteiger partial charge < -0.3 is 19.3 Å². The largest absolute Gasteiger partial charge is 0.497 e. The highest BCUT2D eigenvalue weighted by Gasteiger charge is 2.15. The molecule has 0 atom stereocenters. The number of hydrogen-bond donors (Lipinski definition) is 2. The number of aryl methyl sites for hydroxylation is 3. The summed E-state index contributed by atoms with van der Waals surface area (Å²) in [5.74, 6) is 2.73. The van der Waals surface area contributed by atoms with Crippen LogP contribution in [-0.4, -0.2) is 23.1 Å². The fourth-order valence-corrected chi connectivity index (χ4v) is 3.71. The predicted molar refractivity (Wildman–Crippen MR) is 108 cm³/mol. The first-order valence-electron chi connectivity index (χ1n) is 9.11. The lowest BCUT2D eigenvalue weighted by Gasteiger charge is -2.18. The topological polar surface area (TPSA) is 76.0 Å². The van der Waals surface area contributed by atoms with Gasteiger partial charge in [-0.2, -0.15) is 0 Å². The van der Waals surface area contributed by atoms with Crippen molar-refractivity contribution >= 4 is 7.60 Å². The van der Waals surface area contributed by atoms with Crippen molar-refractivity contribution in [3.63, 3.8) is 0 Å². The minimum Gasteiger partial charge on any atom is -0.497 e. The molecule has 0 bridgehead atoms. The second kappa shape index (κ2) is 8.92. The van der Waals surface area contributed by atoms with Crippen LogP contribution in [0.2, 0.25) is 0 Å². The average molecular weight is 392 g/mol. The van der Waals surface area contributed by atoms with Crippen LogP contribution in [-0.2, 0) is 11.0 Å². The van der Waals surface area contributed by atoms with Gasteiger partial charge in [-0.1, -0.05) is 26.0 Å². The summed E-state index contributed by atoms with van der Waals surface area (Å²) in [7, 11) is -2.29. The molecule has 0 unspecified atom stereocenters. The molecule has 0 aliphatic carbocycles. The minimum absolute atomic E-state index is 0.0903. The molecule has 0 aliphatic heterocycles. The number of rotatable bonds is 8. The summed E-state index contributed by atoms with van der Waals surface area (Å²) in [4.78, 5) is 18.0. The van der Waals surface area contributed by atoms with E-state index in [1.807, 2.05) is 44.2 Å². The van der Waals surface area contributed by atoms with Crippen LogP contribution in [0.1, 0.15) is 48.4 Å². The molecule has 2 N–H and O–H groups in total. The summed E-state index contributed by atoms with van der Waals surface area (Å²) in [5, 5.41) is 0. The molecule has 0 heterocycles. The third-order valence-electron chi connectivity index (χ3n) is 4.49. The molecule has 5 nitrogen and oxygen atoms in total. The van der Waals surface area contributed by atoms with Crippen molar-refractivity contribution in [1.29, 1.82) is 0 Å². The summed E-state index contributed by atoms with van der Waals surface area (Å²) in [5.41, 5.74) is 4.15. The van der Waals surface area contributed by atoms with Crippen molar-refractivity contribution in [2.75, 3.05) is 13.3 Å². The standard InChI is InChI=1S/C21H29O5P/c1-14(2)19-13-18(25-5)8-9-20(19)26-21-15(3)11-17(12-16(21)4)7-6-10-27(22,23)24/h8-9,11-14H,6-7,10H2,1-5H3,(H2,22,23,24). The van der Waals surface area contributed by atoms with Gasteiger partial charge in [0.2, 0.25) is 0 Å². The van der Waals surface area contributed by atoms with E-state index in [-0.39, 0.29) is 6.16 Å². The zero-order valence-electron chi connectivity index (χ0n) is 16.7. The summed E-state index contributed by atoms with van der Waals surface area (Å²) in [6.45, 7) is 8.22. The van der Waals surface area contributed by atoms with Crippen LogP contribution in [0.5, 0.6) is 17.2 Å². The number of methoxy groups -OCH3 is 1. The molecule has 0 fully saturated rings. The van der Waals surface area contributed by atoms with E-state index < -0.39 is 7.60 Å². The normalized spacial score (nSPS) is 11.7. The Bertz CT molecular complexity index is 815. The minimum atomic E-state index is -3.94. The van der Waals surface area contributed by atoms with Gasteiger partial charge in [0, 0.05) is 5.56 Å².